The van der Waals surface area contributed by atoms with Crippen LogP contribution >= 0.6 is 11.8 Å². The van der Waals surface area contributed by atoms with Gasteiger partial charge in [0.05, 0.1) is 26.6 Å². The topological polar surface area (TPSA) is 59.0 Å². The van der Waals surface area contributed by atoms with E-state index in [0.717, 1.165) is 5.56 Å². The molecule has 1 fully saturated rings. The van der Waals surface area contributed by atoms with E-state index in [1.54, 1.807) is 25.2 Å². The van der Waals surface area contributed by atoms with Gasteiger partial charge in [0.2, 0.25) is 5.91 Å². The van der Waals surface area contributed by atoms with E-state index >= 15 is 0 Å². The number of aliphatic hydroxyl groups is 1. The summed E-state index contributed by atoms with van der Waals surface area (Å²) in [6.07, 6.45) is 0. The van der Waals surface area contributed by atoms with Gasteiger partial charge in [0.15, 0.2) is 0 Å². The van der Waals surface area contributed by atoms with Crippen LogP contribution in [0.15, 0.2) is 18.2 Å². The molecular formula is C13H17NO4S. The summed E-state index contributed by atoms with van der Waals surface area (Å²) in [5.74, 6) is 1.87. The molecule has 1 aliphatic rings. The van der Waals surface area contributed by atoms with E-state index in [1.165, 1.54) is 11.8 Å². The molecule has 0 aromatic heterocycles. The Balaban J connectivity index is 2.32. The Hall–Kier alpha value is -1.40. The van der Waals surface area contributed by atoms with E-state index in [0.29, 0.717) is 23.8 Å². The molecule has 6 heteroatoms. The van der Waals surface area contributed by atoms with Gasteiger partial charge in [0.1, 0.15) is 16.9 Å². The van der Waals surface area contributed by atoms with Gasteiger partial charge in [-0.3, -0.25) is 4.79 Å². The van der Waals surface area contributed by atoms with Crippen molar-refractivity contribution < 1.29 is 19.4 Å². The lowest BCUT2D eigenvalue weighted by molar-refractivity contribution is -0.128. The Labute approximate surface area is 116 Å². The molecule has 0 spiro atoms. The number of nitrogens with zero attached hydrogens (tertiary/aromatic N) is 1. The number of ether oxygens (including phenoxy) is 2. The van der Waals surface area contributed by atoms with Gasteiger partial charge in [-0.25, -0.2) is 0 Å². The fourth-order valence-electron chi connectivity index (χ4n) is 2.08. The Morgan fingerprint density at radius 3 is 2.84 bits per heavy atom. The van der Waals surface area contributed by atoms with Crippen LogP contribution in [0.25, 0.3) is 0 Å². The predicted molar refractivity (Wildman–Crippen MR) is 73.5 cm³/mol. The maximum absolute atomic E-state index is 11.8. The van der Waals surface area contributed by atoms with Crippen LogP contribution in [0, 0.1) is 0 Å². The van der Waals surface area contributed by atoms with Crippen LogP contribution in [-0.4, -0.2) is 49.0 Å². The molecule has 1 aromatic rings. The normalized spacial score (nSPS) is 18.8. The lowest BCUT2D eigenvalue weighted by Crippen LogP contribution is -2.31. The van der Waals surface area contributed by atoms with Gasteiger partial charge in [0.25, 0.3) is 0 Å². The Kier molecular flexibility index (Phi) is 4.55. The molecule has 104 valence electrons. The molecule has 5 nitrogen and oxygen atoms in total. The van der Waals surface area contributed by atoms with Crippen molar-refractivity contribution in [2.75, 3.05) is 33.1 Å². The second-order valence-corrected chi connectivity index (χ2v) is 5.15. The zero-order chi connectivity index (χ0) is 13.8. The summed E-state index contributed by atoms with van der Waals surface area (Å²) in [7, 11) is 3.19. The molecule has 2 rings (SSSR count). The largest absolute Gasteiger partial charge is 0.497 e. The maximum atomic E-state index is 11.8. The fourth-order valence-corrected chi connectivity index (χ4v) is 3.33. The van der Waals surface area contributed by atoms with Crippen molar-refractivity contribution in [3.63, 3.8) is 0 Å². The smallest absolute Gasteiger partial charge is 0.233 e. The van der Waals surface area contributed by atoms with Crippen LogP contribution < -0.4 is 9.47 Å². The summed E-state index contributed by atoms with van der Waals surface area (Å²) in [5, 5.41) is 8.95. The number of rotatable bonds is 5. The summed E-state index contributed by atoms with van der Waals surface area (Å²) in [4.78, 5) is 13.5. The minimum Gasteiger partial charge on any atom is -0.497 e. The number of benzene rings is 1. The van der Waals surface area contributed by atoms with E-state index < -0.39 is 0 Å². The van der Waals surface area contributed by atoms with Crippen LogP contribution in [0.1, 0.15) is 10.9 Å². The van der Waals surface area contributed by atoms with Crippen molar-refractivity contribution in [1.29, 1.82) is 0 Å². The summed E-state index contributed by atoms with van der Waals surface area (Å²) < 4.78 is 10.5. The van der Waals surface area contributed by atoms with E-state index in [1.807, 2.05) is 12.1 Å². The Morgan fingerprint density at radius 2 is 2.21 bits per heavy atom. The average molecular weight is 283 g/mol. The summed E-state index contributed by atoms with van der Waals surface area (Å²) >= 11 is 1.54. The lowest BCUT2D eigenvalue weighted by Gasteiger charge is -2.24. The van der Waals surface area contributed by atoms with Crippen LogP contribution in [0.2, 0.25) is 0 Å². The van der Waals surface area contributed by atoms with Crippen LogP contribution in [0.5, 0.6) is 11.5 Å². The third-order valence-electron chi connectivity index (χ3n) is 3.02. The summed E-state index contributed by atoms with van der Waals surface area (Å²) in [6, 6.07) is 5.55. The standard InChI is InChI=1S/C13H17NO4S/c1-17-9-3-4-10(11(7-9)18-2)13-14(5-6-15)12(16)8-19-13/h3-4,7,13,15H,5-6,8H2,1-2H3. The van der Waals surface area contributed by atoms with Crippen molar-refractivity contribution in [2.24, 2.45) is 0 Å². The highest BCUT2D eigenvalue weighted by molar-refractivity contribution is 8.00. The van der Waals surface area contributed by atoms with Crippen molar-refractivity contribution in [3.05, 3.63) is 23.8 Å². The first-order chi connectivity index (χ1) is 9.21. The summed E-state index contributed by atoms with van der Waals surface area (Å²) in [5.41, 5.74) is 0.924. The minimum atomic E-state index is -0.111. The highest BCUT2D eigenvalue weighted by atomic mass is 32.2. The molecule has 1 unspecified atom stereocenters. The van der Waals surface area contributed by atoms with Gasteiger partial charge in [-0.05, 0) is 12.1 Å². The Bertz CT molecular complexity index is 466. The molecule has 1 aliphatic heterocycles. The highest BCUT2D eigenvalue weighted by Gasteiger charge is 2.34. The number of hydrogen-bond acceptors (Lipinski definition) is 5. The number of carbonyl (C=O) groups is 1. The van der Waals surface area contributed by atoms with Gasteiger partial charge < -0.3 is 19.5 Å². The van der Waals surface area contributed by atoms with Crippen LogP contribution in [0.3, 0.4) is 0 Å². The highest BCUT2D eigenvalue weighted by Crippen LogP contribution is 2.43. The second-order valence-electron chi connectivity index (χ2n) is 4.08. The van der Waals surface area contributed by atoms with E-state index in [2.05, 4.69) is 0 Å². The zero-order valence-electron chi connectivity index (χ0n) is 11.0. The molecule has 19 heavy (non-hydrogen) atoms. The van der Waals surface area contributed by atoms with Crippen LogP contribution in [-0.2, 0) is 4.79 Å². The quantitative estimate of drug-likeness (QED) is 0.882. The first-order valence-electron chi connectivity index (χ1n) is 5.95. The first kappa shape index (κ1) is 14.0. The molecule has 0 aliphatic carbocycles. The van der Waals surface area contributed by atoms with Gasteiger partial charge in [-0.2, -0.15) is 0 Å². The molecule has 0 saturated carbocycles. The van der Waals surface area contributed by atoms with Gasteiger partial charge in [-0.15, -0.1) is 11.8 Å². The van der Waals surface area contributed by atoms with E-state index in [9.17, 15) is 4.79 Å². The molecule has 1 saturated heterocycles. The summed E-state index contributed by atoms with van der Waals surface area (Å²) in [6.45, 7) is 0.299. The number of hydrogen-bond donors (Lipinski definition) is 1. The SMILES string of the molecule is COc1ccc(C2SCC(=O)N2CCO)c(OC)c1. The molecule has 0 bridgehead atoms. The number of amides is 1. The maximum Gasteiger partial charge on any atom is 0.233 e. The van der Waals surface area contributed by atoms with Crippen molar-refractivity contribution in [2.45, 2.75) is 5.37 Å². The monoisotopic (exact) mass is 283 g/mol. The third kappa shape index (κ3) is 2.79. The van der Waals surface area contributed by atoms with Gasteiger partial charge in [-0.1, -0.05) is 0 Å². The molecule has 1 amide bonds. The predicted octanol–water partition coefficient (Wildman–Crippen LogP) is 1.27. The van der Waals surface area contributed by atoms with Crippen molar-refractivity contribution in [1.82, 2.24) is 4.90 Å². The van der Waals surface area contributed by atoms with Gasteiger partial charge in [0, 0.05) is 18.2 Å². The average Bonchev–Trinajstić information content (AvgIpc) is 2.80. The van der Waals surface area contributed by atoms with Crippen molar-refractivity contribution >= 4 is 17.7 Å². The third-order valence-corrected chi connectivity index (χ3v) is 4.25. The number of aliphatic hydroxyl groups excluding tert-OH is 1. The van der Waals surface area contributed by atoms with E-state index in [4.69, 9.17) is 14.6 Å². The molecule has 1 aromatic carbocycles. The molecule has 1 atom stereocenters. The molecule has 1 N–H and O–H groups in total. The zero-order valence-corrected chi connectivity index (χ0v) is 11.8. The fraction of sp³-hybridized carbons (Fsp3) is 0.462. The Morgan fingerprint density at radius 1 is 1.42 bits per heavy atom. The van der Waals surface area contributed by atoms with Crippen molar-refractivity contribution in [3.8, 4) is 11.5 Å². The molecule has 0 radical (unpaired) electrons. The lowest BCUT2D eigenvalue weighted by atomic mass is 10.1. The second kappa shape index (κ2) is 6.16. The first-order valence-corrected chi connectivity index (χ1v) is 7.00. The van der Waals surface area contributed by atoms with Crippen LogP contribution in [0.4, 0.5) is 0 Å². The molecule has 1 heterocycles. The number of thioether (sulfide) groups is 1. The number of methoxy groups -OCH3 is 2. The van der Waals surface area contributed by atoms with Gasteiger partial charge >= 0.3 is 0 Å². The number of carbonyl (C=O) groups excluding carboxylic acids is 1. The number of β-amino-alcohol motifs (C(OH)–C–C–N with tert-alkyl or cyclic N) is 1. The van der Waals surface area contributed by atoms with E-state index in [-0.39, 0.29) is 17.9 Å². The molecular weight excluding hydrogens is 266 g/mol. The minimum absolute atomic E-state index is 0.0404.